The van der Waals surface area contributed by atoms with E-state index in [1.807, 2.05) is 0 Å². The van der Waals surface area contributed by atoms with Crippen LogP contribution in [0.2, 0.25) is 0 Å². The first-order valence-electron chi connectivity index (χ1n) is 12.9. The van der Waals surface area contributed by atoms with E-state index in [1.54, 1.807) is 0 Å². The number of alkyl halides is 6. The molecule has 0 aliphatic heterocycles. The summed E-state index contributed by atoms with van der Waals surface area (Å²) in [6.45, 7) is 5.64. The average Bonchev–Trinajstić information content (AvgIpc) is 2.77. The standard InChI is InChI=1S/C22H40N.C2F6NO4S2/c1-3-4-5-6-7-8-9-10-11-12-13-14-15-16-19-23-20-17-18-22(2)21-23;3-1(4,5)14(10,11)9-15(12,13)2(6,7)8/h17-18,20-21H,3-16,19H2,1-2H3;/q+1;-1. The summed E-state index contributed by atoms with van der Waals surface area (Å²) in [6.07, 6.45) is 24.5. The summed E-state index contributed by atoms with van der Waals surface area (Å²) >= 11 is 0. The quantitative estimate of drug-likeness (QED) is 0.104. The highest BCUT2D eigenvalue weighted by atomic mass is 32.3. The predicted octanol–water partition coefficient (Wildman–Crippen LogP) is 7.82. The van der Waals surface area contributed by atoms with Crippen molar-refractivity contribution in [3.8, 4) is 0 Å². The lowest BCUT2D eigenvalue weighted by Crippen LogP contribution is -2.32. The van der Waals surface area contributed by atoms with E-state index in [1.165, 1.54) is 102 Å². The molecule has 0 aromatic carbocycles. The Morgan fingerprint density at radius 3 is 1.39 bits per heavy atom. The maximum Gasteiger partial charge on any atom is 0.480 e. The first-order valence-corrected chi connectivity index (χ1v) is 15.7. The summed E-state index contributed by atoms with van der Waals surface area (Å²) in [6, 6.07) is 4.32. The molecule has 224 valence electrons. The minimum Gasteiger partial charge on any atom is -0.421 e. The third-order valence-electron chi connectivity index (χ3n) is 5.56. The van der Waals surface area contributed by atoms with Crippen molar-refractivity contribution in [2.75, 3.05) is 0 Å². The van der Waals surface area contributed by atoms with Gasteiger partial charge in [0.1, 0.15) is 6.54 Å². The molecule has 1 heterocycles. The number of aryl methyl sites for hydroxylation is 2. The Bertz CT molecular complexity index is 940. The van der Waals surface area contributed by atoms with E-state index in [0.29, 0.717) is 0 Å². The van der Waals surface area contributed by atoms with E-state index in [9.17, 15) is 43.2 Å². The van der Waals surface area contributed by atoms with Crippen LogP contribution < -0.4 is 4.57 Å². The normalized spacial score (nSPS) is 12.7. The fourth-order valence-corrected chi connectivity index (χ4v) is 5.20. The third kappa shape index (κ3) is 16.5. The Labute approximate surface area is 223 Å². The van der Waals surface area contributed by atoms with Crippen LogP contribution in [0.15, 0.2) is 24.5 Å². The fraction of sp³-hybridized carbons (Fsp3) is 0.792. The van der Waals surface area contributed by atoms with Gasteiger partial charge in [-0.25, -0.2) is 21.4 Å². The van der Waals surface area contributed by atoms with E-state index < -0.39 is 31.1 Å². The number of nitrogens with zero attached hydrogens (tertiary/aromatic N) is 2. The molecule has 0 amide bonds. The molecular formula is C24H40F6N2O4S2. The molecule has 0 saturated carbocycles. The second-order valence-electron chi connectivity index (χ2n) is 9.13. The van der Waals surface area contributed by atoms with Gasteiger partial charge in [-0.05, 0) is 19.4 Å². The Hall–Kier alpha value is -1.41. The first-order chi connectivity index (χ1) is 17.5. The minimum atomic E-state index is -6.72. The van der Waals surface area contributed by atoms with Crippen LogP contribution in [0.1, 0.15) is 102 Å². The van der Waals surface area contributed by atoms with Crippen molar-refractivity contribution < 1.29 is 47.7 Å². The molecule has 1 aromatic heterocycles. The smallest absolute Gasteiger partial charge is 0.421 e. The van der Waals surface area contributed by atoms with Gasteiger partial charge in [-0.1, -0.05) is 84.0 Å². The van der Waals surface area contributed by atoms with Gasteiger partial charge < -0.3 is 4.13 Å². The van der Waals surface area contributed by atoms with Crippen LogP contribution >= 0.6 is 0 Å². The second-order valence-corrected chi connectivity index (χ2v) is 12.6. The minimum absolute atomic E-state index is 0.778. The highest BCUT2D eigenvalue weighted by Crippen LogP contribution is 2.36. The highest BCUT2D eigenvalue weighted by molar-refractivity contribution is 8.13. The highest BCUT2D eigenvalue weighted by Gasteiger charge is 2.46. The van der Waals surface area contributed by atoms with Crippen LogP contribution in [-0.4, -0.2) is 27.9 Å². The number of sulfonamides is 2. The zero-order chi connectivity index (χ0) is 29.3. The van der Waals surface area contributed by atoms with E-state index in [2.05, 4.69) is 42.9 Å². The third-order valence-corrected chi connectivity index (χ3v) is 8.30. The average molecular weight is 599 g/mol. The fourth-order valence-electron chi connectivity index (χ4n) is 3.49. The van der Waals surface area contributed by atoms with Crippen molar-refractivity contribution in [3.63, 3.8) is 0 Å². The van der Waals surface area contributed by atoms with Crippen LogP contribution in [-0.2, 0) is 26.6 Å². The zero-order valence-electron chi connectivity index (χ0n) is 22.0. The maximum absolute atomic E-state index is 11.4. The van der Waals surface area contributed by atoms with Crippen LogP contribution in [0.5, 0.6) is 0 Å². The monoisotopic (exact) mass is 598 g/mol. The van der Waals surface area contributed by atoms with Gasteiger partial charge in [-0.3, -0.25) is 0 Å². The van der Waals surface area contributed by atoms with Gasteiger partial charge in [0.15, 0.2) is 32.4 Å². The van der Waals surface area contributed by atoms with Crippen molar-refractivity contribution in [3.05, 3.63) is 34.2 Å². The van der Waals surface area contributed by atoms with Crippen molar-refractivity contribution in [2.24, 2.45) is 0 Å². The van der Waals surface area contributed by atoms with Gasteiger partial charge in [0, 0.05) is 18.1 Å². The van der Waals surface area contributed by atoms with Crippen LogP contribution in [0.3, 0.4) is 0 Å². The van der Waals surface area contributed by atoms with Gasteiger partial charge in [-0.2, -0.15) is 26.3 Å². The van der Waals surface area contributed by atoms with E-state index in [0.717, 1.165) is 4.13 Å². The predicted molar refractivity (Wildman–Crippen MR) is 135 cm³/mol. The summed E-state index contributed by atoms with van der Waals surface area (Å²) in [5.74, 6) is 0. The number of aromatic nitrogens is 1. The molecule has 0 unspecified atom stereocenters. The van der Waals surface area contributed by atoms with Crippen LogP contribution in [0.4, 0.5) is 26.3 Å². The summed E-state index contributed by atoms with van der Waals surface area (Å²) in [5.41, 5.74) is -11.0. The van der Waals surface area contributed by atoms with Crippen molar-refractivity contribution in [1.29, 1.82) is 0 Å². The molecule has 1 aromatic rings. The number of rotatable bonds is 17. The number of halogens is 6. The molecule has 0 saturated heterocycles. The lowest BCUT2D eigenvalue weighted by Gasteiger charge is -2.22. The molecule has 1 rings (SSSR count). The lowest BCUT2D eigenvalue weighted by molar-refractivity contribution is -0.697. The lowest BCUT2D eigenvalue weighted by atomic mass is 10.0. The van der Waals surface area contributed by atoms with Crippen molar-refractivity contribution >= 4 is 20.0 Å². The van der Waals surface area contributed by atoms with Gasteiger partial charge in [0.2, 0.25) is 0 Å². The van der Waals surface area contributed by atoms with Gasteiger partial charge in [0.25, 0.3) is 0 Å². The molecule has 38 heavy (non-hydrogen) atoms. The first kappa shape index (κ1) is 36.6. The summed E-state index contributed by atoms with van der Waals surface area (Å²) in [5, 5.41) is 0. The molecule has 0 fully saturated rings. The van der Waals surface area contributed by atoms with E-state index in [-0.39, 0.29) is 0 Å². The maximum atomic E-state index is 11.4. The van der Waals surface area contributed by atoms with Crippen molar-refractivity contribution in [2.45, 2.75) is 121 Å². The summed E-state index contributed by atoms with van der Waals surface area (Å²) in [7, 11) is -13.4. The molecular weight excluding hydrogens is 558 g/mol. The van der Waals surface area contributed by atoms with Crippen LogP contribution in [0, 0.1) is 6.92 Å². The Morgan fingerprint density at radius 1 is 0.684 bits per heavy atom. The number of hydrogen-bond donors (Lipinski definition) is 0. The summed E-state index contributed by atoms with van der Waals surface area (Å²) in [4.78, 5) is 0. The largest absolute Gasteiger partial charge is 0.480 e. The molecule has 0 spiro atoms. The number of unbranched alkanes of at least 4 members (excludes halogenated alkanes) is 13. The molecule has 0 atom stereocenters. The van der Waals surface area contributed by atoms with Crippen molar-refractivity contribution in [1.82, 2.24) is 0 Å². The Kier molecular flexibility index (Phi) is 17.4. The van der Waals surface area contributed by atoms with E-state index >= 15 is 0 Å². The SMILES string of the molecule is CCCCCCCCCCCCCCCC[n+]1cccc(C)c1.O=S(=O)([N-]S(=O)(=O)C(F)(F)F)C(F)(F)F. The zero-order valence-corrected chi connectivity index (χ0v) is 23.7. The second kappa shape index (κ2) is 18.0. The Morgan fingerprint density at radius 2 is 1.05 bits per heavy atom. The topological polar surface area (TPSA) is 86.3 Å². The molecule has 0 radical (unpaired) electrons. The van der Waals surface area contributed by atoms with Gasteiger partial charge >= 0.3 is 11.0 Å². The van der Waals surface area contributed by atoms with Gasteiger partial charge in [-0.15, -0.1) is 0 Å². The molecule has 0 bridgehead atoms. The number of hydrogen-bond acceptors (Lipinski definition) is 4. The number of pyridine rings is 1. The van der Waals surface area contributed by atoms with Crippen LogP contribution in [0.25, 0.3) is 4.13 Å². The Balaban J connectivity index is 0.000000793. The molecule has 14 heteroatoms. The summed E-state index contributed by atoms with van der Waals surface area (Å²) < 4.78 is 112. The van der Waals surface area contributed by atoms with E-state index in [4.69, 9.17) is 0 Å². The molecule has 6 nitrogen and oxygen atoms in total. The molecule has 0 aliphatic carbocycles. The van der Waals surface area contributed by atoms with Gasteiger partial charge in [0.05, 0.1) is 0 Å². The molecule has 0 aliphatic rings. The molecule has 0 N–H and O–H groups in total.